The van der Waals surface area contributed by atoms with E-state index >= 15 is 0 Å². The van der Waals surface area contributed by atoms with E-state index in [1.165, 1.54) is 13.1 Å². The number of hydrogen-bond acceptors (Lipinski definition) is 4. The van der Waals surface area contributed by atoms with Crippen molar-refractivity contribution in [1.29, 1.82) is 0 Å². The van der Waals surface area contributed by atoms with Gasteiger partial charge in [-0.3, -0.25) is 9.88 Å². The summed E-state index contributed by atoms with van der Waals surface area (Å²) in [5, 5.41) is 1.70. The lowest BCUT2D eigenvalue weighted by molar-refractivity contribution is 0.104. The van der Waals surface area contributed by atoms with Crippen LogP contribution in [0.25, 0.3) is 10.9 Å². The van der Waals surface area contributed by atoms with Crippen LogP contribution >= 0.6 is 11.6 Å². The minimum absolute atomic E-state index is 0.658. The molecular weight excluding hydrogens is 322 g/mol. The van der Waals surface area contributed by atoms with E-state index in [1.807, 2.05) is 24.3 Å². The molecule has 0 atom stereocenters. The number of fused-ring (bicyclic) bond motifs is 1. The number of piperazine rings is 1. The highest BCUT2D eigenvalue weighted by Crippen LogP contribution is 2.25. The van der Waals surface area contributed by atoms with E-state index in [4.69, 9.17) is 16.3 Å². The zero-order valence-corrected chi connectivity index (χ0v) is 15.3. The van der Waals surface area contributed by atoms with Crippen molar-refractivity contribution in [3.63, 3.8) is 0 Å². The van der Waals surface area contributed by atoms with E-state index in [-0.39, 0.29) is 0 Å². The molecule has 3 rings (SSSR count). The highest BCUT2D eigenvalue weighted by Gasteiger charge is 2.18. The van der Waals surface area contributed by atoms with Gasteiger partial charge in [0.25, 0.3) is 0 Å². The van der Waals surface area contributed by atoms with E-state index in [2.05, 4.69) is 28.6 Å². The molecule has 0 aliphatic carbocycles. The van der Waals surface area contributed by atoms with Crippen molar-refractivity contribution in [2.45, 2.75) is 26.3 Å². The Labute approximate surface area is 149 Å². The van der Waals surface area contributed by atoms with Crippen molar-refractivity contribution in [3.8, 4) is 5.75 Å². The van der Waals surface area contributed by atoms with E-state index in [0.29, 0.717) is 6.04 Å². The molecule has 0 amide bonds. The summed E-state index contributed by atoms with van der Waals surface area (Å²) < 4.78 is 5.88. The zero-order valence-electron chi connectivity index (χ0n) is 14.5. The Morgan fingerprint density at radius 2 is 1.96 bits per heavy atom. The molecule has 130 valence electrons. The highest BCUT2D eigenvalue weighted by molar-refractivity contribution is 6.35. The molecule has 2 heterocycles. The van der Waals surface area contributed by atoms with Crippen molar-refractivity contribution in [3.05, 3.63) is 35.5 Å². The first kappa shape index (κ1) is 17.5. The molecule has 1 fully saturated rings. The first-order valence-electron chi connectivity index (χ1n) is 8.77. The first-order chi connectivity index (χ1) is 11.6. The molecule has 1 aliphatic heterocycles. The summed E-state index contributed by atoms with van der Waals surface area (Å²) in [7, 11) is 0. The summed E-state index contributed by atoms with van der Waals surface area (Å²) in [5.74, 6) is 0.863. The van der Waals surface area contributed by atoms with Gasteiger partial charge in [-0.1, -0.05) is 11.6 Å². The second kappa shape index (κ2) is 8.15. The van der Waals surface area contributed by atoms with Crippen LogP contribution in [0.4, 0.5) is 0 Å². The van der Waals surface area contributed by atoms with Crippen LogP contribution in [0.5, 0.6) is 5.75 Å². The van der Waals surface area contributed by atoms with Gasteiger partial charge < -0.3 is 9.64 Å². The molecule has 0 spiro atoms. The second-order valence-electron chi connectivity index (χ2n) is 6.65. The Morgan fingerprint density at radius 1 is 1.17 bits per heavy atom. The number of aromatic nitrogens is 1. The Bertz CT molecular complexity index is 669. The molecule has 0 saturated carbocycles. The Kier molecular flexibility index (Phi) is 5.93. The normalized spacial score (nSPS) is 16.8. The fraction of sp³-hybridized carbons (Fsp3) is 0.526. The molecule has 1 aromatic heterocycles. The highest BCUT2D eigenvalue weighted by atomic mass is 35.5. The summed E-state index contributed by atoms with van der Waals surface area (Å²) in [4.78, 5) is 9.42. The van der Waals surface area contributed by atoms with Crippen LogP contribution in [0.2, 0.25) is 5.02 Å². The smallest absolute Gasteiger partial charge is 0.121 e. The number of ether oxygens (including phenoxy) is 1. The van der Waals surface area contributed by atoms with Gasteiger partial charge in [-0.25, -0.2) is 0 Å². The van der Waals surface area contributed by atoms with Crippen LogP contribution < -0.4 is 4.74 Å². The summed E-state index contributed by atoms with van der Waals surface area (Å²) in [5.41, 5.74) is 0.879. The van der Waals surface area contributed by atoms with Gasteiger partial charge in [-0.2, -0.15) is 0 Å². The molecule has 1 saturated heterocycles. The lowest BCUT2D eigenvalue weighted by Gasteiger charge is -2.36. The Balaban J connectivity index is 1.42. The molecule has 0 bridgehead atoms. The SMILES string of the molecule is CC(C)N1CCN(CCCOc2ccc3c(Cl)ccnc3c2)CC1. The van der Waals surface area contributed by atoms with Crippen LogP contribution in [0.3, 0.4) is 0 Å². The molecule has 0 N–H and O–H groups in total. The maximum absolute atomic E-state index is 6.16. The molecule has 4 nitrogen and oxygen atoms in total. The second-order valence-corrected chi connectivity index (χ2v) is 7.05. The van der Waals surface area contributed by atoms with Crippen molar-refractivity contribution in [2.24, 2.45) is 0 Å². The number of halogens is 1. The van der Waals surface area contributed by atoms with E-state index in [0.717, 1.165) is 54.3 Å². The maximum atomic E-state index is 6.16. The number of rotatable bonds is 6. The standard InChI is InChI=1S/C19H26ClN3O/c1-15(2)23-11-9-22(10-12-23)8-3-13-24-16-4-5-17-18(20)6-7-21-19(17)14-16/h4-7,14-15H,3,8-13H2,1-2H3. The molecule has 1 aliphatic rings. The Hall–Kier alpha value is -1.36. The molecule has 2 aromatic rings. The van der Waals surface area contributed by atoms with Crippen molar-refractivity contribution >= 4 is 22.5 Å². The molecule has 0 unspecified atom stereocenters. The summed E-state index contributed by atoms with van der Waals surface area (Å²) in [6.45, 7) is 11.1. The third-order valence-electron chi connectivity index (χ3n) is 4.69. The number of benzene rings is 1. The van der Waals surface area contributed by atoms with Gasteiger partial charge in [0.1, 0.15) is 5.75 Å². The van der Waals surface area contributed by atoms with E-state index in [1.54, 1.807) is 6.20 Å². The monoisotopic (exact) mass is 347 g/mol. The van der Waals surface area contributed by atoms with Crippen LogP contribution in [-0.4, -0.2) is 60.2 Å². The van der Waals surface area contributed by atoms with E-state index in [9.17, 15) is 0 Å². The first-order valence-corrected chi connectivity index (χ1v) is 9.15. The lowest BCUT2D eigenvalue weighted by atomic mass is 10.2. The third kappa shape index (κ3) is 4.38. The maximum Gasteiger partial charge on any atom is 0.121 e. The van der Waals surface area contributed by atoms with Gasteiger partial charge in [0.15, 0.2) is 0 Å². The van der Waals surface area contributed by atoms with Crippen molar-refractivity contribution < 1.29 is 4.74 Å². The quantitative estimate of drug-likeness (QED) is 0.745. The van der Waals surface area contributed by atoms with Gasteiger partial charge in [-0.05, 0) is 38.5 Å². The topological polar surface area (TPSA) is 28.6 Å². The van der Waals surface area contributed by atoms with Crippen LogP contribution in [0, 0.1) is 0 Å². The minimum atomic E-state index is 0.658. The summed E-state index contributed by atoms with van der Waals surface area (Å²) >= 11 is 6.16. The van der Waals surface area contributed by atoms with Gasteiger partial charge >= 0.3 is 0 Å². The number of pyridine rings is 1. The van der Waals surface area contributed by atoms with Crippen LogP contribution in [-0.2, 0) is 0 Å². The molecule has 24 heavy (non-hydrogen) atoms. The molecule has 1 aromatic carbocycles. The summed E-state index contributed by atoms with van der Waals surface area (Å²) in [6, 6.07) is 8.37. The average molecular weight is 348 g/mol. The molecular formula is C19H26ClN3O. The summed E-state index contributed by atoms with van der Waals surface area (Å²) in [6.07, 6.45) is 2.77. The number of nitrogens with zero attached hydrogens (tertiary/aromatic N) is 3. The van der Waals surface area contributed by atoms with E-state index < -0.39 is 0 Å². The predicted octanol–water partition coefficient (Wildman–Crippen LogP) is 3.68. The van der Waals surface area contributed by atoms with Crippen molar-refractivity contribution in [1.82, 2.24) is 14.8 Å². The fourth-order valence-corrected chi connectivity index (χ4v) is 3.38. The molecule has 0 radical (unpaired) electrons. The predicted molar refractivity (Wildman–Crippen MR) is 100 cm³/mol. The fourth-order valence-electron chi connectivity index (χ4n) is 3.16. The van der Waals surface area contributed by atoms with Crippen molar-refractivity contribution in [2.75, 3.05) is 39.3 Å². The minimum Gasteiger partial charge on any atom is -0.493 e. The van der Waals surface area contributed by atoms with Gasteiger partial charge in [0.2, 0.25) is 0 Å². The lowest BCUT2D eigenvalue weighted by Crippen LogP contribution is -2.49. The van der Waals surface area contributed by atoms with Crippen LogP contribution in [0.1, 0.15) is 20.3 Å². The average Bonchev–Trinajstić information content (AvgIpc) is 2.59. The van der Waals surface area contributed by atoms with Crippen LogP contribution in [0.15, 0.2) is 30.5 Å². The third-order valence-corrected chi connectivity index (χ3v) is 5.02. The van der Waals surface area contributed by atoms with Gasteiger partial charge in [0, 0.05) is 56.4 Å². The Morgan fingerprint density at radius 3 is 2.71 bits per heavy atom. The number of hydrogen-bond donors (Lipinski definition) is 0. The molecule has 5 heteroatoms. The van der Waals surface area contributed by atoms with Gasteiger partial charge in [0.05, 0.1) is 17.1 Å². The van der Waals surface area contributed by atoms with Gasteiger partial charge in [-0.15, -0.1) is 0 Å². The zero-order chi connectivity index (χ0) is 16.9. The largest absolute Gasteiger partial charge is 0.493 e.